The molecule has 118 valence electrons. The molecule has 1 heterocycles. The highest BCUT2D eigenvalue weighted by molar-refractivity contribution is 5.25. The summed E-state index contributed by atoms with van der Waals surface area (Å²) in [7, 11) is 0. The summed E-state index contributed by atoms with van der Waals surface area (Å²) >= 11 is 0. The predicted octanol–water partition coefficient (Wildman–Crippen LogP) is 4.36. The van der Waals surface area contributed by atoms with E-state index in [4.69, 9.17) is 4.74 Å². The maximum atomic E-state index is 10.6. The maximum Gasteiger partial charge on any atom is 0.138 e. The van der Waals surface area contributed by atoms with Crippen molar-refractivity contribution in [3.8, 4) is 5.75 Å². The number of aromatic nitrogens is 1. The Morgan fingerprint density at radius 3 is 2.24 bits per heavy atom. The fourth-order valence-corrected chi connectivity index (χ4v) is 3.33. The van der Waals surface area contributed by atoms with Gasteiger partial charge < -0.3 is 9.84 Å². The van der Waals surface area contributed by atoms with Crippen molar-refractivity contribution in [2.24, 2.45) is 17.8 Å². The topological polar surface area (TPSA) is 42.4 Å². The van der Waals surface area contributed by atoms with Crippen molar-refractivity contribution in [2.45, 2.75) is 65.6 Å². The van der Waals surface area contributed by atoms with E-state index in [9.17, 15) is 5.11 Å². The van der Waals surface area contributed by atoms with Gasteiger partial charge in [0, 0.05) is 11.8 Å². The molecular weight excluding hydrogens is 262 g/mol. The van der Waals surface area contributed by atoms with Crippen molar-refractivity contribution < 1.29 is 9.84 Å². The zero-order valence-corrected chi connectivity index (χ0v) is 13.7. The molecule has 1 atom stereocenters. The van der Waals surface area contributed by atoms with Crippen LogP contribution in [-0.4, -0.2) is 16.2 Å². The summed E-state index contributed by atoms with van der Waals surface area (Å²) in [6, 6.07) is 1.94. The molecule has 1 aliphatic carbocycles. The SMILES string of the molecule is CC(C)Oc1cncc(C(O)C2CCC(C(C)C)CC2)c1. The molecule has 1 aliphatic rings. The molecule has 0 spiro atoms. The first-order valence-corrected chi connectivity index (χ1v) is 8.27. The minimum atomic E-state index is -0.415. The van der Waals surface area contributed by atoms with Gasteiger partial charge in [-0.25, -0.2) is 0 Å². The molecule has 0 saturated heterocycles. The van der Waals surface area contributed by atoms with Crippen LogP contribution in [0, 0.1) is 17.8 Å². The minimum Gasteiger partial charge on any atom is -0.489 e. The van der Waals surface area contributed by atoms with Gasteiger partial charge in [-0.15, -0.1) is 0 Å². The average molecular weight is 291 g/mol. The second-order valence-electron chi connectivity index (χ2n) is 6.98. The van der Waals surface area contributed by atoms with Gasteiger partial charge in [0.25, 0.3) is 0 Å². The smallest absolute Gasteiger partial charge is 0.138 e. The van der Waals surface area contributed by atoms with Crippen molar-refractivity contribution in [3.63, 3.8) is 0 Å². The average Bonchev–Trinajstić information content (AvgIpc) is 2.46. The molecular formula is C18H29NO2. The summed E-state index contributed by atoms with van der Waals surface area (Å²) in [5.41, 5.74) is 0.890. The van der Waals surface area contributed by atoms with Crippen LogP contribution < -0.4 is 4.74 Å². The summed E-state index contributed by atoms with van der Waals surface area (Å²) < 4.78 is 5.67. The molecule has 21 heavy (non-hydrogen) atoms. The molecule has 0 aliphatic heterocycles. The van der Waals surface area contributed by atoms with E-state index >= 15 is 0 Å². The van der Waals surface area contributed by atoms with E-state index in [0.29, 0.717) is 5.92 Å². The van der Waals surface area contributed by atoms with Gasteiger partial charge in [-0.1, -0.05) is 13.8 Å². The molecule has 1 N–H and O–H groups in total. The van der Waals surface area contributed by atoms with E-state index in [-0.39, 0.29) is 6.10 Å². The maximum absolute atomic E-state index is 10.6. The first kappa shape index (κ1) is 16.3. The lowest BCUT2D eigenvalue weighted by atomic mass is 9.74. The van der Waals surface area contributed by atoms with Crippen molar-refractivity contribution in [1.82, 2.24) is 4.98 Å². The monoisotopic (exact) mass is 291 g/mol. The third-order valence-corrected chi connectivity index (χ3v) is 4.65. The number of ether oxygens (including phenoxy) is 1. The molecule has 1 aromatic heterocycles. The van der Waals surface area contributed by atoms with Crippen LogP contribution in [0.15, 0.2) is 18.5 Å². The van der Waals surface area contributed by atoms with E-state index in [1.54, 1.807) is 12.4 Å². The van der Waals surface area contributed by atoms with Gasteiger partial charge in [0.2, 0.25) is 0 Å². The molecule has 0 bridgehead atoms. The first-order valence-electron chi connectivity index (χ1n) is 8.27. The molecule has 0 amide bonds. The quantitative estimate of drug-likeness (QED) is 0.876. The zero-order valence-electron chi connectivity index (χ0n) is 13.7. The zero-order chi connectivity index (χ0) is 15.4. The van der Waals surface area contributed by atoms with Crippen LogP contribution in [0.4, 0.5) is 0 Å². The summed E-state index contributed by atoms with van der Waals surface area (Å²) in [5, 5.41) is 10.6. The highest BCUT2D eigenvalue weighted by Crippen LogP contribution is 2.39. The van der Waals surface area contributed by atoms with Crippen LogP contribution in [-0.2, 0) is 0 Å². The van der Waals surface area contributed by atoms with E-state index in [1.165, 1.54) is 12.8 Å². The lowest BCUT2D eigenvalue weighted by Gasteiger charge is -2.33. The van der Waals surface area contributed by atoms with Crippen LogP contribution in [0.5, 0.6) is 5.75 Å². The number of hydrogen-bond donors (Lipinski definition) is 1. The van der Waals surface area contributed by atoms with Crippen LogP contribution in [0.3, 0.4) is 0 Å². The third-order valence-electron chi connectivity index (χ3n) is 4.65. The molecule has 0 radical (unpaired) electrons. The molecule has 3 heteroatoms. The summed E-state index contributed by atoms with van der Waals surface area (Å²) in [6.45, 7) is 8.60. The Morgan fingerprint density at radius 2 is 1.67 bits per heavy atom. The number of rotatable bonds is 5. The Balaban J connectivity index is 1.98. The van der Waals surface area contributed by atoms with Crippen LogP contribution in [0.25, 0.3) is 0 Å². The largest absolute Gasteiger partial charge is 0.489 e. The molecule has 3 nitrogen and oxygen atoms in total. The number of aliphatic hydroxyl groups is 1. The normalized spacial score (nSPS) is 24.3. The van der Waals surface area contributed by atoms with Gasteiger partial charge in [0.05, 0.1) is 18.4 Å². The van der Waals surface area contributed by atoms with Crippen molar-refractivity contribution in [1.29, 1.82) is 0 Å². The minimum absolute atomic E-state index is 0.126. The van der Waals surface area contributed by atoms with Gasteiger partial charge in [-0.3, -0.25) is 4.98 Å². The van der Waals surface area contributed by atoms with Gasteiger partial charge in [0.1, 0.15) is 5.75 Å². The molecule has 2 rings (SSSR count). The van der Waals surface area contributed by atoms with E-state index in [2.05, 4.69) is 18.8 Å². The Kier molecular flexibility index (Phi) is 5.63. The molecule has 1 aromatic rings. The second kappa shape index (κ2) is 7.26. The molecule has 1 saturated carbocycles. The van der Waals surface area contributed by atoms with Gasteiger partial charge in [0.15, 0.2) is 0 Å². The lowest BCUT2D eigenvalue weighted by molar-refractivity contribution is 0.0662. The highest BCUT2D eigenvalue weighted by Gasteiger charge is 2.28. The van der Waals surface area contributed by atoms with Gasteiger partial charge in [-0.05, 0) is 63.4 Å². The third kappa shape index (κ3) is 4.44. The molecule has 1 unspecified atom stereocenters. The highest BCUT2D eigenvalue weighted by atomic mass is 16.5. The Morgan fingerprint density at radius 1 is 1.05 bits per heavy atom. The van der Waals surface area contributed by atoms with E-state index in [0.717, 1.165) is 36.0 Å². The number of nitrogens with zero attached hydrogens (tertiary/aromatic N) is 1. The second-order valence-corrected chi connectivity index (χ2v) is 6.98. The number of aliphatic hydroxyl groups excluding tert-OH is 1. The van der Waals surface area contributed by atoms with Crippen molar-refractivity contribution in [3.05, 3.63) is 24.0 Å². The van der Waals surface area contributed by atoms with E-state index in [1.807, 2.05) is 19.9 Å². The Bertz CT molecular complexity index is 437. The number of pyridine rings is 1. The first-order chi connectivity index (χ1) is 9.97. The van der Waals surface area contributed by atoms with Crippen molar-refractivity contribution in [2.75, 3.05) is 0 Å². The van der Waals surface area contributed by atoms with Gasteiger partial charge >= 0.3 is 0 Å². The molecule has 0 aromatic carbocycles. The summed E-state index contributed by atoms with van der Waals surface area (Å²) in [5.74, 6) is 2.68. The molecule has 1 fully saturated rings. The fourth-order valence-electron chi connectivity index (χ4n) is 3.33. The summed E-state index contributed by atoms with van der Waals surface area (Å²) in [4.78, 5) is 4.21. The van der Waals surface area contributed by atoms with Crippen LogP contribution in [0.1, 0.15) is 65.0 Å². The van der Waals surface area contributed by atoms with E-state index < -0.39 is 6.10 Å². The Hall–Kier alpha value is -1.09. The van der Waals surface area contributed by atoms with Crippen molar-refractivity contribution >= 4 is 0 Å². The number of hydrogen-bond acceptors (Lipinski definition) is 3. The van der Waals surface area contributed by atoms with Gasteiger partial charge in [-0.2, -0.15) is 0 Å². The standard InChI is InChI=1S/C18H29NO2/c1-12(2)14-5-7-15(8-6-14)18(20)16-9-17(11-19-10-16)21-13(3)4/h9-15,18,20H,5-8H2,1-4H3. The fraction of sp³-hybridized carbons (Fsp3) is 0.722. The predicted molar refractivity (Wildman–Crippen MR) is 85.2 cm³/mol. The van der Waals surface area contributed by atoms with Crippen LogP contribution in [0.2, 0.25) is 0 Å². The summed E-state index contributed by atoms with van der Waals surface area (Å²) in [6.07, 6.45) is 7.88. The van der Waals surface area contributed by atoms with Crippen LogP contribution >= 0.6 is 0 Å². The lowest BCUT2D eigenvalue weighted by Crippen LogP contribution is -2.23. The Labute approximate surface area is 128 Å².